The highest BCUT2D eigenvalue weighted by molar-refractivity contribution is 8.26. The molecule has 1 fully saturated rings. The van der Waals surface area contributed by atoms with Crippen LogP contribution in [0.25, 0.3) is 6.08 Å². The quantitative estimate of drug-likeness (QED) is 0.451. The standard InChI is InChI=1S/C18H22ClNOS2/c1-3-5-8-13(4-2)12-20-17(21)16(23-18(20)22)11-14-9-6-7-10-15(14)19/h6-7,9-11,13H,3-5,8,12H2,1-2H3. The second kappa shape index (κ2) is 8.86. The molecule has 0 aromatic heterocycles. The average molecular weight is 368 g/mol. The zero-order valence-electron chi connectivity index (χ0n) is 13.5. The van der Waals surface area contributed by atoms with E-state index >= 15 is 0 Å². The first-order valence-electron chi connectivity index (χ1n) is 8.06. The normalized spacial score (nSPS) is 18.0. The van der Waals surface area contributed by atoms with Gasteiger partial charge in [0.2, 0.25) is 0 Å². The molecule has 124 valence electrons. The first-order chi connectivity index (χ1) is 11.1. The fourth-order valence-corrected chi connectivity index (χ4v) is 4.02. The van der Waals surface area contributed by atoms with E-state index in [1.165, 1.54) is 24.6 Å². The molecule has 0 N–H and O–H groups in total. The molecule has 1 unspecified atom stereocenters. The van der Waals surface area contributed by atoms with E-state index in [2.05, 4.69) is 13.8 Å². The molecule has 1 saturated heterocycles. The molecule has 1 aliphatic rings. The van der Waals surface area contributed by atoms with E-state index in [9.17, 15) is 4.79 Å². The van der Waals surface area contributed by atoms with Crippen LogP contribution in [0.3, 0.4) is 0 Å². The van der Waals surface area contributed by atoms with Crippen LogP contribution < -0.4 is 0 Å². The Balaban J connectivity index is 2.12. The molecule has 2 rings (SSSR count). The predicted octanol–water partition coefficient (Wildman–Crippen LogP) is 5.76. The monoisotopic (exact) mass is 367 g/mol. The second-order valence-electron chi connectivity index (χ2n) is 5.73. The zero-order valence-corrected chi connectivity index (χ0v) is 15.9. The van der Waals surface area contributed by atoms with Gasteiger partial charge in [-0.2, -0.15) is 0 Å². The molecule has 1 amide bonds. The molecule has 1 aromatic carbocycles. The molecule has 2 nitrogen and oxygen atoms in total. The number of nitrogens with zero attached hydrogens (tertiary/aromatic N) is 1. The van der Waals surface area contributed by atoms with E-state index in [0.29, 0.717) is 20.2 Å². The van der Waals surface area contributed by atoms with Crippen molar-refractivity contribution in [1.82, 2.24) is 4.90 Å². The number of rotatable bonds is 7. The number of unbranched alkanes of at least 4 members (excludes halogenated alkanes) is 1. The van der Waals surface area contributed by atoms with Crippen LogP contribution in [0.4, 0.5) is 0 Å². The summed E-state index contributed by atoms with van der Waals surface area (Å²) >= 11 is 13.0. The van der Waals surface area contributed by atoms with Gasteiger partial charge in [-0.3, -0.25) is 9.69 Å². The molecule has 0 spiro atoms. The second-order valence-corrected chi connectivity index (χ2v) is 7.81. The van der Waals surface area contributed by atoms with Gasteiger partial charge < -0.3 is 0 Å². The molecule has 0 aliphatic carbocycles. The van der Waals surface area contributed by atoms with Crippen molar-refractivity contribution in [2.45, 2.75) is 39.5 Å². The van der Waals surface area contributed by atoms with Gasteiger partial charge in [0, 0.05) is 11.6 Å². The van der Waals surface area contributed by atoms with Crippen molar-refractivity contribution in [3.8, 4) is 0 Å². The number of hydrogen-bond acceptors (Lipinski definition) is 3. The molecule has 1 atom stereocenters. The van der Waals surface area contributed by atoms with E-state index in [-0.39, 0.29) is 5.91 Å². The third-order valence-electron chi connectivity index (χ3n) is 4.05. The lowest BCUT2D eigenvalue weighted by Gasteiger charge is -2.21. The summed E-state index contributed by atoms with van der Waals surface area (Å²) in [6.45, 7) is 5.09. The SMILES string of the molecule is CCCCC(CC)CN1C(=O)C(=Cc2ccccc2Cl)SC1=S. The van der Waals surface area contributed by atoms with E-state index in [4.69, 9.17) is 23.8 Å². The minimum Gasteiger partial charge on any atom is -0.293 e. The molecular formula is C18H22ClNOS2. The van der Waals surface area contributed by atoms with E-state index < -0.39 is 0 Å². The third-order valence-corrected chi connectivity index (χ3v) is 5.77. The van der Waals surface area contributed by atoms with Crippen molar-refractivity contribution >= 4 is 51.9 Å². The summed E-state index contributed by atoms with van der Waals surface area (Å²) in [5.74, 6) is 0.520. The first kappa shape index (κ1) is 18.5. The fourth-order valence-electron chi connectivity index (χ4n) is 2.57. The Hall–Kier alpha value is -0.840. The van der Waals surface area contributed by atoms with Crippen LogP contribution >= 0.6 is 35.6 Å². The minimum atomic E-state index is 0.00914. The van der Waals surface area contributed by atoms with Gasteiger partial charge in [-0.05, 0) is 30.0 Å². The number of amides is 1. The van der Waals surface area contributed by atoms with Gasteiger partial charge in [-0.25, -0.2) is 0 Å². The summed E-state index contributed by atoms with van der Waals surface area (Å²) in [6.07, 6.45) is 6.44. The molecule has 1 aliphatic heterocycles. The molecule has 5 heteroatoms. The van der Waals surface area contributed by atoms with Gasteiger partial charge in [0.25, 0.3) is 5.91 Å². The largest absolute Gasteiger partial charge is 0.293 e. The van der Waals surface area contributed by atoms with Crippen LogP contribution in [0, 0.1) is 5.92 Å². The number of thioether (sulfide) groups is 1. The van der Waals surface area contributed by atoms with Crippen molar-refractivity contribution in [2.24, 2.45) is 5.92 Å². The third kappa shape index (κ3) is 4.82. The molecule has 1 heterocycles. The van der Waals surface area contributed by atoms with Crippen molar-refractivity contribution in [3.05, 3.63) is 39.8 Å². The number of carbonyl (C=O) groups is 1. The van der Waals surface area contributed by atoms with Crippen molar-refractivity contribution in [3.63, 3.8) is 0 Å². The summed E-state index contributed by atoms with van der Waals surface area (Å²) in [5, 5.41) is 0.646. The summed E-state index contributed by atoms with van der Waals surface area (Å²) in [7, 11) is 0. The molecule has 1 aromatic rings. The Kier molecular flexibility index (Phi) is 7.12. The molecule has 0 bridgehead atoms. The van der Waals surface area contributed by atoms with Gasteiger partial charge >= 0.3 is 0 Å². The van der Waals surface area contributed by atoms with Crippen molar-refractivity contribution < 1.29 is 4.79 Å². The fraction of sp³-hybridized carbons (Fsp3) is 0.444. The first-order valence-corrected chi connectivity index (χ1v) is 9.67. The Bertz CT molecular complexity index is 615. The van der Waals surface area contributed by atoms with E-state index in [1.807, 2.05) is 30.3 Å². The maximum Gasteiger partial charge on any atom is 0.266 e. The van der Waals surface area contributed by atoms with Crippen LogP contribution in [-0.2, 0) is 4.79 Å². The van der Waals surface area contributed by atoms with Gasteiger partial charge in [0.15, 0.2) is 0 Å². The van der Waals surface area contributed by atoms with Crippen molar-refractivity contribution in [2.75, 3.05) is 6.54 Å². The van der Waals surface area contributed by atoms with Gasteiger partial charge in [0.1, 0.15) is 4.32 Å². The highest BCUT2D eigenvalue weighted by Gasteiger charge is 2.33. The number of benzene rings is 1. The summed E-state index contributed by atoms with van der Waals surface area (Å²) in [5.41, 5.74) is 0.854. The van der Waals surface area contributed by atoms with Crippen LogP contribution in [0.5, 0.6) is 0 Å². The van der Waals surface area contributed by atoms with Crippen molar-refractivity contribution in [1.29, 1.82) is 0 Å². The zero-order chi connectivity index (χ0) is 16.8. The van der Waals surface area contributed by atoms with Crippen LogP contribution in [0.1, 0.15) is 45.1 Å². The van der Waals surface area contributed by atoms with E-state index in [0.717, 1.165) is 24.9 Å². The maximum atomic E-state index is 12.7. The van der Waals surface area contributed by atoms with Gasteiger partial charge in [-0.1, -0.05) is 86.9 Å². The number of thiocarbonyl (C=S) groups is 1. The van der Waals surface area contributed by atoms with Crippen LogP contribution in [-0.4, -0.2) is 21.7 Å². The van der Waals surface area contributed by atoms with Gasteiger partial charge in [-0.15, -0.1) is 0 Å². The van der Waals surface area contributed by atoms with Crippen LogP contribution in [0.15, 0.2) is 29.2 Å². The topological polar surface area (TPSA) is 20.3 Å². The minimum absolute atomic E-state index is 0.00914. The Morgan fingerprint density at radius 2 is 2.09 bits per heavy atom. The van der Waals surface area contributed by atoms with Crippen LogP contribution in [0.2, 0.25) is 5.02 Å². The lowest BCUT2D eigenvalue weighted by Crippen LogP contribution is -2.33. The highest BCUT2D eigenvalue weighted by atomic mass is 35.5. The lowest BCUT2D eigenvalue weighted by molar-refractivity contribution is -0.122. The summed E-state index contributed by atoms with van der Waals surface area (Å²) < 4.78 is 0.656. The number of hydrogen-bond donors (Lipinski definition) is 0. The molecular weight excluding hydrogens is 346 g/mol. The average Bonchev–Trinajstić information content (AvgIpc) is 2.80. The maximum absolute atomic E-state index is 12.7. The Morgan fingerprint density at radius 1 is 1.35 bits per heavy atom. The van der Waals surface area contributed by atoms with E-state index in [1.54, 1.807) is 4.90 Å². The number of carbonyl (C=O) groups excluding carboxylic acids is 1. The lowest BCUT2D eigenvalue weighted by atomic mass is 9.99. The number of halogens is 1. The predicted molar refractivity (Wildman–Crippen MR) is 105 cm³/mol. The van der Waals surface area contributed by atoms with Gasteiger partial charge in [0.05, 0.1) is 4.91 Å². The smallest absolute Gasteiger partial charge is 0.266 e. The Labute approximate surface area is 153 Å². The molecule has 0 saturated carbocycles. The Morgan fingerprint density at radius 3 is 2.74 bits per heavy atom. The molecule has 0 radical (unpaired) electrons. The highest BCUT2D eigenvalue weighted by Crippen LogP contribution is 2.34. The summed E-state index contributed by atoms with van der Waals surface area (Å²) in [4.78, 5) is 15.1. The summed E-state index contributed by atoms with van der Waals surface area (Å²) in [6, 6.07) is 7.53. The molecule has 23 heavy (non-hydrogen) atoms.